The lowest BCUT2D eigenvalue weighted by atomic mass is 10.1. The number of carbonyl (C=O) groups excluding carboxylic acids is 1. The van der Waals surface area contributed by atoms with Gasteiger partial charge in [0.05, 0.1) is 0 Å². The van der Waals surface area contributed by atoms with Crippen molar-refractivity contribution < 1.29 is 9.53 Å². The van der Waals surface area contributed by atoms with Crippen molar-refractivity contribution in [1.82, 2.24) is 15.5 Å². The molecule has 3 rings (SSSR count). The van der Waals surface area contributed by atoms with Crippen molar-refractivity contribution in [2.24, 2.45) is 0 Å². The Bertz CT molecular complexity index is 658. The SMILES string of the molecule is O=C(NC1CCOCC1)c1ccc(Sc2ccc(Br)cc2)nn1. The fourth-order valence-electron chi connectivity index (χ4n) is 2.22. The van der Waals surface area contributed by atoms with E-state index in [1.807, 2.05) is 30.3 Å². The Labute approximate surface area is 147 Å². The predicted molar refractivity (Wildman–Crippen MR) is 91.6 cm³/mol. The van der Waals surface area contributed by atoms with E-state index >= 15 is 0 Å². The van der Waals surface area contributed by atoms with E-state index in [9.17, 15) is 4.79 Å². The Morgan fingerprint density at radius 2 is 1.87 bits per heavy atom. The Morgan fingerprint density at radius 1 is 1.13 bits per heavy atom. The summed E-state index contributed by atoms with van der Waals surface area (Å²) >= 11 is 4.92. The van der Waals surface area contributed by atoms with Crippen LogP contribution >= 0.6 is 27.7 Å². The molecule has 0 bridgehead atoms. The van der Waals surface area contributed by atoms with E-state index in [0.29, 0.717) is 18.9 Å². The molecule has 5 nitrogen and oxygen atoms in total. The first-order chi connectivity index (χ1) is 11.2. The van der Waals surface area contributed by atoms with Crippen LogP contribution in [0.2, 0.25) is 0 Å². The van der Waals surface area contributed by atoms with Gasteiger partial charge in [-0.2, -0.15) is 0 Å². The van der Waals surface area contributed by atoms with E-state index in [4.69, 9.17) is 4.74 Å². The highest BCUT2D eigenvalue weighted by atomic mass is 79.9. The summed E-state index contributed by atoms with van der Waals surface area (Å²) in [5, 5.41) is 11.9. The zero-order chi connectivity index (χ0) is 16.1. The molecular weight excluding hydrogens is 378 g/mol. The summed E-state index contributed by atoms with van der Waals surface area (Å²) in [5.41, 5.74) is 0.344. The molecule has 1 aliphatic heterocycles. The van der Waals surface area contributed by atoms with Gasteiger partial charge >= 0.3 is 0 Å². The van der Waals surface area contributed by atoms with Crippen LogP contribution < -0.4 is 5.32 Å². The van der Waals surface area contributed by atoms with E-state index in [2.05, 4.69) is 31.4 Å². The second-order valence-electron chi connectivity index (χ2n) is 5.17. The van der Waals surface area contributed by atoms with Crippen molar-refractivity contribution in [3.8, 4) is 0 Å². The number of ether oxygens (including phenoxy) is 1. The third-order valence-corrected chi connectivity index (χ3v) is 4.93. The highest BCUT2D eigenvalue weighted by Crippen LogP contribution is 2.26. The van der Waals surface area contributed by atoms with Crippen molar-refractivity contribution in [2.75, 3.05) is 13.2 Å². The number of hydrogen-bond acceptors (Lipinski definition) is 5. The molecule has 2 aromatic rings. The zero-order valence-corrected chi connectivity index (χ0v) is 14.8. The van der Waals surface area contributed by atoms with Crippen molar-refractivity contribution in [1.29, 1.82) is 0 Å². The molecule has 0 radical (unpaired) electrons. The molecule has 0 saturated carbocycles. The van der Waals surface area contributed by atoms with Crippen LogP contribution in [0.5, 0.6) is 0 Å². The minimum absolute atomic E-state index is 0.162. The van der Waals surface area contributed by atoms with Gasteiger partial charge in [-0.25, -0.2) is 0 Å². The number of amides is 1. The fraction of sp³-hybridized carbons (Fsp3) is 0.312. The molecule has 0 aliphatic carbocycles. The van der Waals surface area contributed by atoms with Crippen molar-refractivity contribution >= 4 is 33.6 Å². The number of nitrogens with one attached hydrogen (secondary N) is 1. The van der Waals surface area contributed by atoms with Crippen molar-refractivity contribution in [3.63, 3.8) is 0 Å². The summed E-state index contributed by atoms with van der Waals surface area (Å²) in [7, 11) is 0. The number of aromatic nitrogens is 2. The van der Waals surface area contributed by atoms with Crippen LogP contribution in [0.25, 0.3) is 0 Å². The number of rotatable bonds is 4. The van der Waals surface area contributed by atoms with Gasteiger partial charge in [0.2, 0.25) is 0 Å². The molecule has 1 aromatic carbocycles. The molecule has 0 spiro atoms. The quantitative estimate of drug-likeness (QED) is 0.862. The standard InChI is InChI=1S/C16H16BrN3O2S/c17-11-1-3-13(4-2-11)23-15-6-5-14(19-20-15)16(21)18-12-7-9-22-10-8-12/h1-6,12H,7-10H2,(H,18,21). The zero-order valence-electron chi connectivity index (χ0n) is 12.4. The number of hydrogen-bond donors (Lipinski definition) is 1. The van der Waals surface area contributed by atoms with Gasteiger partial charge in [0.25, 0.3) is 5.91 Å². The van der Waals surface area contributed by atoms with Crippen LogP contribution in [0.15, 0.2) is 50.8 Å². The van der Waals surface area contributed by atoms with Gasteiger partial charge in [-0.15, -0.1) is 10.2 Å². The lowest BCUT2D eigenvalue weighted by Crippen LogP contribution is -2.39. The molecular formula is C16H16BrN3O2S. The van der Waals surface area contributed by atoms with Gasteiger partial charge in [0, 0.05) is 28.6 Å². The Balaban J connectivity index is 1.59. The molecule has 1 aliphatic rings. The lowest BCUT2D eigenvalue weighted by molar-refractivity contribution is 0.0693. The van der Waals surface area contributed by atoms with Crippen LogP contribution in [0, 0.1) is 0 Å². The summed E-state index contributed by atoms with van der Waals surface area (Å²) < 4.78 is 6.32. The summed E-state index contributed by atoms with van der Waals surface area (Å²) in [5.74, 6) is -0.176. The van der Waals surface area contributed by atoms with E-state index in [-0.39, 0.29) is 11.9 Å². The topological polar surface area (TPSA) is 64.1 Å². The van der Waals surface area contributed by atoms with Crippen molar-refractivity contribution in [2.45, 2.75) is 28.8 Å². The summed E-state index contributed by atoms with van der Waals surface area (Å²) in [4.78, 5) is 13.2. The Morgan fingerprint density at radius 3 is 2.52 bits per heavy atom. The maximum absolute atomic E-state index is 12.2. The van der Waals surface area contributed by atoms with Crippen molar-refractivity contribution in [3.05, 3.63) is 46.6 Å². The first-order valence-electron chi connectivity index (χ1n) is 7.36. The van der Waals surface area contributed by atoms with Crippen LogP contribution in [0.4, 0.5) is 0 Å². The van der Waals surface area contributed by atoms with E-state index < -0.39 is 0 Å². The molecule has 2 heterocycles. The molecule has 23 heavy (non-hydrogen) atoms. The van der Waals surface area contributed by atoms with Gasteiger partial charge in [-0.1, -0.05) is 27.7 Å². The van der Waals surface area contributed by atoms with Gasteiger partial charge in [0.1, 0.15) is 5.03 Å². The highest BCUT2D eigenvalue weighted by Gasteiger charge is 2.18. The smallest absolute Gasteiger partial charge is 0.272 e. The number of nitrogens with zero attached hydrogens (tertiary/aromatic N) is 2. The minimum Gasteiger partial charge on any atom is -0.381 e. The van der Waals surface area contributed by atoms with Crippen LogP contribution in [-0.4, -0.2) is 35.4 Å². The number of halogens is 1. The largest absolute Gasteiger partial charge is 0.381 e. The molecule has 1 aromatic heterocycles. The second kappa shape index (κ2) is 7.90. The second-order valence-corrected chi connectivity index (χ2v) is 7.18. The minimum atomic E-state index is -0.176. The summed E-state index contributed by atoms with van der Waals surface area (Å²) in [6.07, 6.45) is 1.69. The molecule has 7 heteroatoms. The van der Waals surface area contributed by atoms with E-state index in [1.54, 1.807) is 6.07 Å². The molecule has 1 fully saturated rings. The first-order valence-corrected chi connectivity index (χ1v) is 8.97. The maximum Gasteiger partial charge on any atom is 0.272 e. The van der Waals surface area contributed by atoms with Crippen LogP contribution in [0.1, 0.15) is 23.3 Å². The van der Waals surface area contributed by atoms with Crippen LogP contribution in [-0.2, 0) is 4.74 Å². The van der Waals surface area contributed by atoms with Gasteiger partial charge in [-0.05, 0) is 49.2 Å². The highest BCUT2D eigenvalue weighted by molar-refractivity contribution is 9.10. The Hall–Kier alpha value is -1.44. The summed E-state index contributed by atoms with van der Waals surface area (Å²) in [6.45, 7) is 1.39. The monoisotopic (exact) mass is 393 g/mol. The number of carbonyl (C=O) groups is 1. The first kappa shape index (κ1) is 16.4. The number of benzene rings is 1. The Kier molecular flexibility index (Phi) is 5.64. The molecule has 1 saturated heterocycles. The molecule has 1 amide bonds. The average Bonchev–Trinajstić information content (AvgIpc) is 2.58. The maximum atomic E-state index is 12.2. The normalized spacial score (nSPS) is 15.3. The van der Waals surface area contributed by atoms with E-state index in [1.165, 1.54) is 11.8 Å². The van der Waals surface area contributed by atoms with E-state index in [0.717, 1.165) is 27.2 Å². The fourth-order valence-corrected chi connectivity index (χ4v) is 3.22. The van der Waals surface area contributed by atoms with Crippen LogP contribution in [0.3, 0.4) is 0 Å². The average molecular weight is 394 g/mol. The summed E-state index contributed by atoms with van der Waals surface area (Å²) in [6, 6.07) is 11.7. The van der Waals surface area contributed by atoms with Gasteiger partial charge in [0.15, 0.2) is 5.69 Å². The molecule has 1 N–H and O–H groups in total. The van der Waals surface area contributed by atoms with Gasteiger partial charge in [-0.3, -0.25) is 4.79 Å². The third-order valence-electron chi connectivity index (χ3n) is 3.47. The third kappa shape index (κ3) is 4.76. The molecule has 0 unspecified atom stereocenters. The predicted octanol–water partition coefficient (Wildman–Crippen LogP) is 3.30. The lowest BCUT2D eigenvalue weighted by Gasteiger charge is -2.22. The van der Waals surface area contributed by atoms with Gasteiger partial charge < -0.3 is 10.1 Å². The molecule has 0 atom stereocenters. The molecule has 120 valence electrons.